The zero-order chi connectivity index (χ0) is 18.3. The van der Waals surface area contributed by atoms with Crippen LogP contribution in [-0.2, 0) is 16.6 Å². The number of benzene rings is 1. The SMILES string of the molecule is Cc1cc(F)c(-c2cc(C(F)(F)Cl)on2)cc1[S+]([O-])CC(F)(F)F. The van der Waals surface area contributed by atoms with Gasteiger partial charge >= 0.3 is 11.6 Å². The van der Waals surface area contributed by atoms with E-state index in [2.05, 4.69) is 9.68 Å². The van der Waals surface area contributed by atoms with E-state index in [0.717, 1.165) is 12.1 Å². The van der Waals surface area contributed by atoms with Crippen molar-refractivity contribution in [1.82, 2.24) is 5.16 Å². The molecule has 132 valence electrons. The van der Waals surface area contributed by atoms with E-state index < -0.39 is 51.3 Å². The average molecular weight is 392 g/mol. The molecular formula is C13H8ClF6NO2S. The molecule has 0 aliphatic heterocycles. The van der Waals surface area contributed by atoms with Gasteiger partial charge in [0.15, 0.2) is 4.90 Å². The van der Waals surface area contributed by atoms with E-state index in [9.17, 15) is 30.9 Å². The van der Waals surface area contributed by atoms with Gasteiger partial charge in [-0.1, -0.05) is 5.16 Å². The smallest absolute Gasteiger partial charge is 0.433 e. The molecule has 1 unspecified atom stereocenters. The van der Waals surface area contributed by atoms with E-state index in [4.69, 9.17) is 11.6 Å². The molecule has 0 radical (unpaired) electrons. The molecule has 0 spiro atoms. The van der Waals surface area contributed by atoms with Crippen LogP contribution in [0, 0.1) is 12.7 Å². The van der Waals surface area contributed by atoms with Gasteiger partial charge in [0.2, 0.25) is 11.5 Å². The Bertz CT molecular complexity index is 743. The molecule has 0 N–H and O–H groups in total. The van der Waals surface area contributed by atoms with Crippen LogP contribution in [0.5, 0.6) is 0 Å². The average Bonchev–Trinajstić information content (AvgIpc) is 2.85. The van der Waals surface area contributed by atoms with Crippen LogP contribution in [0.25, 0.3) is 11.3 Å². The predicted octanol–water partition coefficient (Wildman–Crippen LogP) is 4.75. The molecule has 0 saturated carbocycles. The van der Waals surface area contributed by atoms with Crippen LogP contribution in [-0.4, -0.2) is 21.6 Å². The monoisotopic (exact) mass is 391 g/mol. The summed E-state index contributed by atoms with van der Waals surface area (Å²) < 4.78 is 93.0. The molecule has 24 heavy (non-hydrogen) atoms. The maximum Gasteiger partial charge on any atom is 0.433 e. The lowest BCUT2D eigenvalue weighted by Gasteiger charge is -2.15. The minimum atomic E-state index is -4.69. The first-order valence-corrected chi connectivity index (χ1v) is 7.88. The van der Waals surface area contributed by atoms with Crippen LogP contribution in [0.4, 0.5) is 26.3 Å². The fourth-order valence-corrected chi connectivity index (χ4v) is 3.07. The second-order valence-corrected chi connectivity index (χ2v) is 6.67. The Morgan fingerprint density at radius 1 is 1.21 bits per heavy atom. The number of aryl methyl sites for hydroxylation is 1. The molecule has 2 aromatic rings. The lowest BCUT2D eigenvalue weighted by atomic mass is 10.1. The molecule has 0 amide bonds. The summed E-state index contributed by atoms with van der Waals surface area (Å²) in [6, 6.07) is 2.35. The highest BCUT2D eigenvalue weighted by atomic mass is 35.5. The molecule has 3 nitrogen and oxygen atoms in total. The normalized spacial score (nSPS) is 14.0. The highest BCUT2D eigenvalue weighted by Gasteiger charge is 2.37. The minimum Gasteiger partial charge on any atom is -0.611 e. The minimum absolute atomic E-state index is 0.0187. The molecule has 0 aliphatic carbocycles. The molecule has 0 bridgehead atoms. The molecule has 0 fully saturated rings. The Kier molecular flexibility index (Phi) is 5.12. The Labute approximate surface area is 139 Å². The van der Waals surface area contributed by atoms with Crippen molar-refractivity contribution in [3.63, 3.8) is 0 Å². The molecule has 2 rings (SSSR count). The molecule has 1 aromatic carbocycles. The third-order valence-corrected chi connectivity index (χ3v) is 4.58. The van der Waals surface area contributed by atoms with Crippen LogP contribution >= 0.6 is 11.6 Å². The quantitative estimate of drug-likeness (QED) is 0.429. The summed E-state index contributed by atoms with van der Waals surface area (Å²) in [7, 11) is 0. The Balaban J connectivity index is 2.45. The van der Waals surface area contributed by atoms with Gasteiger partial charge in [-0.15, -0.1) is 0 Å². The summed E-state index contributed by atoms with van der Waals surface area (Å²) in [5.74, 6) is -3.63. The molecular weight excluding hydrogens is 384 g/mol. The summed E-state index contributed by atoms with van der Waals surface area (Å²) in [4.78, 5) is -0.286. The first-order valence-electron chi connectivity index (χ1n) is 6.18. The maximum absolute atomic E-state index is 14.0. The van der Waals surface area contributed by atoms with Crippen LogP contribution in [0.15, 0.2) is 27.6 Å². The van der Waals surface area contributed by atoms with Crippen molar-refractivity contribution in [2.24, 2.45) is 0 Å². The van der Waals surface area contributed by atoms with E-state index in [1.807, 2.05) is 0 Å². The summed E-state index contributed by atoms with van der Waals surface area (Å²) in [6.45, 7) is 1.28. The van der Waals surface area contributed by atoms with E-state index in [1.54, 1.807) is 0 Å². The number of hydrogen-bond donors (Lipinski definition) is 0. The summed E-state index contributed by atoms with van der Waals surface area (Å²) >= 11 is 2.25. The molecule has 0 saturated heterocycles. The number of alkyl halides is 6. The van der Waals surface area contributed by atoms with Gasteiger partial charge in [0.05, 0.1) is 0 Å². The second-order valence-electron chi connectivity index (χ2n) is 4.78. The maximum atomic E-state index is 14.0. The fourth-order valence-electron chi connectivity index (χ4n) is 1.86. The fraction of sp³-hybridized carbons (Fsp3) is 0.308. The Hall–Kier alpha value is -1.39. The van der Waals surface area contributed by atoms with Gasteiger partial charge in [-0.05, 0) is 35.8 Å². The topological polar surface area (TPSA) is 49.1 Å². The van der Waals surface area contributed by atoms with Crippen molar-refractivity contribution < 1.29 is 35.4 Å². The molecule has 1 atom stereocenters. The Morgan fingerprint density at radius 3 is 2.33 bits per heavy atom. The van der Waals surface area contributed by atoms with E-state index in [-0.39, 0.29) is 10.5 Å². The molecule has 11 heteroatoms. The third kappa shape index (κ3) is 4.37. The highest BCUT2D eigenvalue weighted by Crippen LogP contribution is 2.36. The van der Waals surface area contributed by atoms with Crippen molar-refractivity contribution in [2.75, 3.05) is 5.75 Å². The van der Waals surface area contributed by atoms with Crippen LogP contribution in [0.2, 0.25) is 0 Å². The third-order valence-electron chi connectivity index (χ3n) is 2.87. The van der Waals surface area contributed by atoms with Gasteiger partial charge in [0, 0.05) is 23.3 Å². The van der Waals surface area contributed by atoms with Gasteiger partial charge in [-0.2, -0.15) is 22.0 Å². The predicted molar refractivity (Wildman–Crippen MR) is 73.7 cm³/mol. The summed E-state index contributed by atoms with van der Waals surface area (Å²) in [6.07, 6.45) is -4.69. The first kappa shape index (κ1) is 18.9. The van der Waals surface area contributed by atoms with E-state index >= 15 is 0 Å². The van der Waals surface area contributed by atoms with Crippen LogP contribution < -0.4 is 0 Å². The summed E-state index contributed by atoms with van der Waals surface area (Å²) in [5.41, 5.74) is -0.819. The lowest BCUT2D eigenvalue weighted by Crippen LogP contribution is -2.23. The molecule has 1 heterocycles. The Morgan fingerprint density at radius 2 is 1.83 bits per heavy atom. The van der Waals surface area contributed by atoms with Gasteiger partial charge in [0.25, 0.3) is 0 Å². The van der Waals surface area contributed by atoms with Crippen molar-refractivity contribution >= 4 is 22.8 Å². The molecule has 1 aromatic heterocycles. The van der Waals surface area contributed by atoms with Crippen LogP contribution in [0.1, 0.15) is 11.3 Å². The van der Waals surface area contributed by atoms with Crippen molar-refractivity contribution in [1.29, 1.82) is 0 Å². The first-order chi connectivity index (χ1) is 10.9. The van der Waals surface area contributed by atoms with Gasteiger partial charge < -0.3 is 9.08 Å². The second kappa shape index (κ2) is 6.49. The van der Waals surface area contributed by atoms with Gasteiger partial charge in [-0.25, -0.2) is 4.39 Å². The zero-order valence-electron chi connectivity index (χ0n) is 11.8. The standard InChI is InChI=1S/C13H8ClF6NO2S/c1-6-2-8(15)7(3-10(6)24(22)5-12(16,17)18)9-4-11(23-21-9)13(14,19)20/h2-4H,5H2,1H3. The van der Waals surface area contributed by atoms with Gasteiger partial charge in [0.1, 0.15) is 11.5 Å². The number of halogens is 7. The summed E-state index contributed by atoms with van der Waals surface area (Å²) in [5, 5.41) is -0.663. The van der Waals surface area contributed by atoms with Crippen molar-refractivity contribution in [3.05, 3.63) is 35.3 Å². The zero-order valence-corrected chi connectivity index (χ0v) is 13.3. The van der Waals surface area contributed by atoms with E-state index in [1.165, 1.54) is 6.92 Å². The number of nitrogens with zero attached hydrogens (tertiary/aromatic N) is 1. The van der Waals surface area contributed by atoms with Crippen molar-refractivity contribution in [2.45, 2.75) is 23.4 Å². The number of hydrogen-bond acceptors (Lipinski definition) is 3. The molecule has 0 aliphatic rings. The highest BCUT2D eigenvalue weighted by molar-refractivity contribution is 7.91. The number of rotatable bonds is 4. The van der Waals surface area contributed by atoms with Crippen LogP contribution in [0.3, 0.4) is 0 Å². The largest absolute Gasteiger partial charge is 0.611 e. The van der Waals surface area contributed by atoms with E-state index in [0.29, 0.717) is 6.07 Å². The van der Waals surface area contributed by atoms with Gasteiger partial charge in [-0.3, -0.25) is 0 Å². The van der Waals surface area contributed by atoms with Crippen molar-refractivity contribution in [3.8, 4) is 11.3 Å². The lowest BCUT2D eigenvalue weighted by molar-refractivity contribution is -0.106. The number of aromatic nitrogens is 1.